The number of rotatable bonds is 31. The molecule has 0 radical (unpaired) electrons. The van der Waals surface area contributed by atoms with Gasteiger partial charge in [0.05, 0.1) is 59.8 Å². The highest BCUT2D eigenvalue weighted by Gasteiger charge is 2.03. The Bertz CT molecular complexity index is 734. The number of hydrogen-bond acceptors (Lipinski definition) is 9. The molecule has 0 unspecified atom stereocenters. The summed E-state index contributed by atoms with van der Waals surface area (Å²) in [6, 6.07) is 0. The van der Waals surface area contributed by atoms with Crippen LogP contribution in [0.15, 0.2) is 11.8 Å². The van der Waals surface area contributed by atoms with Crippen molar-refractivity contribution in [1.29, 1.82) is 0 Å². The van der Waals surface area contributed by atoms with Crippen molar-refractivity contribution in [2.75, 3.05) is 67.0 Å². The third-order valence-electron chi connectivity index (χ3n) is 6.69. The van der Waals surface area contributed by atoms with Crippen molar-refractivity contribution in [3.8, 4) is 0 Å². The van der Waals surface area contributed by atoms with Crippen molar-refractivity contribution in [3.63, 3.8) is 0 Å². The number of carbonyl (C=O) groups is 1. The summed E-state index contributed by atoms with van der Waals surface area (Å²) in [5.41, 5.74) is 1.38. The van der Waals surface area contributed by atoms with Gasteiger partial charge in [-0.05, 0) is 25.5 Å². The Morgan fingerprint density at radius 3 is 1.60 bits per heavy atom. The van der Waals surface area contributed by atoms with Gasteiger partial charge in [0, 0.05) is 13.6 Å². The van der Waals surface area contributed by atoms with Gasteiger partial charge in [-0.3, -0.25) is 13.5 Å². The average molecular weight is 642 g/mol. The lowest BCUT2D eigenvalue weighted by Gasteiger charge is -2.17. The predicted octanol–water partition coefficient (Wildman–Crippen LogP) is 6.02. The van der Waals surface area contributed by atoms with Crippen LogP contribution in [0.1, 0.15) is 116 Å². The first-order valence-electron chi connectivity index (χ1n) is 16.1. The van der Waals surface area contributed by atoms with E-state index in [0.29, 0.717) is 33.0 Å². The van der Waals surface area contributed by atoms with Crippen molar-refractivity contribution in [3.05, 3.63) is 11.8 Å². The van der Waals surface area contributed by atoms with Gasteiger partial charge in [-0.2, -0.15) is 8.42 Å². The van der Waals surface area contributed by atoms with E-state index in [2.05, 4.69) is 22.2 Å². The minimum absolute atomic E-state index is 0.0401. The Kier molecular flexibility index (Phi) is 34.3. The standard InChI is InChI=1S/C30H59NO6.CH4O4S/c1-3-4-5-6-7-8-9-10-11-12-13-14-15-16-17-29(18-22-36-26-27-37-25-21-32)28-31(2)20-24-35-23-19-30(33)34;1-5-6(2,3)4/h28,32H,3-27H2,1-2H3,(H,33,34);1H3,(H,2,3,4). The molecule has 0 rings (SSSR count). The molecule has 0 aromatic rings. The van der Waals surface area contributed by atoms with Crippen LogP contribution >= 0.6 is 0 Å². The summed E-state index contributed by atoms with van der Waals surface area (Å²) in [4.78, 5) is 12.7. The zero-order chi connectivity index (χ0) is 32.4. The monoisotopic (exact) mass is 641 g/mol. The number of aliphatic carboxylic acids is 1. The summed E-state index contributed by atoms with van der Waals surface area (Å²) in [7, 11) is -1.25. The lowest BCUT2D eigenvalue weighted by molar-refractivity contribution is -0.138. The Labute approximate surface area is 262 Å². The molecule has 0 bridgehead atoms. The molecule has 0 saturated heterocycles. The summed E-state index contributed by atoms with van der Waals surface area (Å²) >= 11 is 0. The maximum Gasteiger partial charge on any atom is 0.397 e. The Balaban J connectivity index is 0. The molecule has 0 spiro atoms. The molecule has 0 aromatic heterocycles. The van der Waals surface area contributed by atoms with Crippen LogP contribution in [0.25, 0.3) is 0 Å². The summed E-state index contributed by atoms with van der Waals surface area (Å²) in [5, 5.41) is 17.5. The molecule has 0 aliphatic rings. The van der Waals surface area contributed by atoms with Crippen LogP contribution in [0.3, 0.4) is 0 Å². The van der Waals surface area contributed by atoms with Crippen molar-refractivity contribution >= 4 is 16.4 Å². The molecule has 0 atom stereocenters. The first-order chi connectivity index (χ1) is 20.7. The van der Waals surface area contributed by atoms with Gasteiger partial charge in [0.2, 0.25) is 0 Å². The third-order valence-corrected chi connectivity index (χ3v) is 7.11. The zero-order valence-corrected chi connectivity index (χ0v) is 28.1. The number of hydrogen-bond donors (Lipinski definition) is 3. The molecule has 0 saturated carbocycles. The van der Waals surface area contributed by atoms with E-state index in [4.69, 9.17) is 29.0 Å². The van der Waals surface area contributed by atoms with E-state index in [0.717, 1.165) is 26.5 Å². The van der Waals surface area contributed by atoms with E-state index in [1.807, 2.05) is 7.05 Å². The normalized spacial score (nSPS) is 11.8. The molecule has 0 aliphatic heterocycles. The summed E-state index contributed by atoms with van der Waals surface area (Å²) in [6.45, 7) is 5.89. The Morgan fingerprint density at radius 1 is 0.698 bits per heavy atom. The molecule has 258 valence electrons. The number of likely N-dealkylation sites (N-methyl/N-ethyl adjacent to an activating group) is 1. The van der Waals surface area contributed by atoms with Gasteiger partial charge in [-0.25, -0.2) is 0 Å². The summed E-state index contributed by atoms with van der Waals surface area (Å²) in [6.07, 6.45) is 23.3. The highest BCUT2D eigenvalue weighted by molar-refractivity contribution is 7.80. The predicted molar refractivity (Wildman–Crippen MR) is 171 cm³/mol. The molecule has 0 aromatic carbocycles. The molecule has 0 aliphatic carbocycles. The lowest BCUT2D eigenvalue weighted by atomic mass is 10.0. The first kappa shape index (κ1) is 43.8. The highest BCUT2D eigenvalue weighted by atomic mass is 32.3. The van der Waals surface area contributed by atoms with Crippen LogP contribution in [0.4, 0.5) is 0 Å². The molecule has 0 fully saturated rings. The minimum Gasteiger partial charge on any atom is -0.481 e. The van der Waals surface area contributed by atoms with Gasteiger partial charge >= 0.3 is 16.4 Å². The van der Waals surface area contributed by atoms with Gasteiger partial charge in [0.25, 0.3) is 0 Å². The van der Waals surface area contributed by atoms with Crippen molar-refractivity contribution in [2.45, 2.75) is 116 Å². The number of aliphatic hydroxyl groups is 1. The molecule has 11 nitrogen and oxygen atoms in total. The van der Waals surface area contributed by atoms with Crippen LogP contribution in [0, 0.1) is 0 Å². The number of nitrogens with zero attached hydrogens (tertiary/aromatic N) is 1. The van der Waals surface area contributed by atoms with Crippen LogP contribution < -0.4 is 0 Å². The fraction of sp³-hybridized carbons (Fsp3) is 0.903. The largest absolute Gasteiger partial charge is 0.481 e. The topological polar surface area (TPSA) is 152 Å². The van der Waals surface area contributed by atoms with Crippen LogP contribution in [-0.4, -0.2) is 101 Å². The number of carboxylic acid groups (broad SMARTS) is 1. The second kappa shape index (κ2) is 33.6. The Hall–Kier alpha value is -1.28. The van der Waals surface area contributed by atoms with Crippen LogP contribution in [0.2, 0.25) is 0 Å². The fourth-order valence-electron chi connectivity index (χ4n) is 4.24. The molecular formula is C31H63NO10S. The van der Waals surface area contributed by atoms with Gasteiger partial charge < -0.3 is 29.3 Å². The smallest absolute Gasteiger partial charge is 0.397 e. The lowest BCUT2D eigenvalue weighted by Crippen LogP contribution is -2.19. The quantitative estimate of drug-likeness (QED) is 0.0602. The second-order valence-electron chi connectivity index (χ2n) is 10.7. The summed E-state index contributed by atoms with van der Waals surface area (Å²) < 4.78 is 46.1. The highest BCUT2D eigenvalue weighted by Crippen LogP contribution is 2.17. The molecule has 3 N–H and O–H groups in total. The number of carboxylic acids is 1. The Morgan fingerprint density at radius 2 is 1.14 bits per heavy atom. The zero-order valence-electron chi connectivity index (χ0n) is 27.3. The van der Waals surface area contributed by atoms with Gasteiger partial charge in [-0.15, -0.1) is 0 Å². The van der Waals surface area contributed by atoms with Crippen molar-refractivity contribution in [2.24, 2.45) is 0 Å². The van der Waals surface area contributed by atoms with E-state index in [1.54, 1.807) is 0 Å². The van der Waals surface area contributed by atoms with Gasteiger partial charge in [0.15, 0.2) is 0 Å². The van der Waals surface area contributed by atoms with Crippen molar-refractivity contribution in [1.82, 2.24) is 4.90 Å². The number of unbranched alkanes of at least 4 members (excludes halogenated alkanes) is 13. The van der Waals surface area contributed by atoms with E-state index in [-0.39, 0.29) is 19.6 Å². The second-order valence-corrected chi connectivity index (χ2v) is 11.9. The number of aliphatic hydroxyl groups excluding tert-OH is 1. The van der Waals surface area contributed by atoms with Crippen LogP contribution in [0.5, 0.6) is 0 Å². The molecule has 43 heavy (non-hydrogen) atoms. The molecule has 0 amide bonds. The van der Waals surface area contributed by atoms with E-state index in [9.17, 15) is 13.2 Å². The third kappa shape index (κ3) is 40.7. The number of ether oxygens (including phenoxy) is 3. The van der Waals surface area contributed by atoms with E-state index >= 15 is 0 Å². The maximum absolute atomic E-state index is 10.6. The van der Waals surface area contributed by atoms with Gasteiger partial charge in [0.1, 0.15) is 0 Å². The van der Waals surface area contributed by atoms with E-state index < -0.39 is 16.4 Å². The fourth-order valence-corrected chi connectivity index (χ4v) is 4.24. The molecule has 12 heteroatoms. The average Bonchev–Trinajstić information content (AvgIpc) is 2.96. The van der Waals surface area contributed by atoms with E-state index in [1.165, 1.54) is 95.5 Å². The maximum atomic E-state index is 10.6. The SMILES string of the molecule is CCCCCCCCCCCCCCCCC(=CN(C)CCOCCC(=O)O)CCOCCOCCO.COS(=O)(=O)O. The summed E-state index contributed by atoms with van der Waals surface area (Å²) in [5.74, 6) is -0.828. The minimum atomic E-state index is -4.16. The molecule has 0 heterocycles. The van der Waals surface area contributed by atoms with Crippen molar-refractivity contribution < 1.29 is 46.4 Å². The van der Waals surface area contributed by atoms with Gasteiger partial charge in [-0.1, -0.05) is 96.0 Å². The first-order valence-corrected chi connectivity index (χ1v) is 17.5. The van der Waals surface area contributed by atoms with Crippen LogP contribution in [-0.2, 0) is 33.6 Å². The molecular weight excluding hydrogens is 578 g/mol.